The van der Waals surface area contributed by atoms with Gasteiger partial charge in [-0.15, -0.1) is 0 Å². The number of nitrogens with zero attached hydrogens (tertiary/aromatic N) is 1. The van der Waals surface area contributed by atoms with Crippen molar-refractivity contribution in [2.45, 2.75) is 45.3 Å². The largest absolute Gasteiger partial charge is 0.451 e. The molecule has 1 aliphatic rings. The Hall–Kier alpha value is -2.99. The van der Waals surface area contributed by atoms with Crippen LogP contribution in [-0.2, 0) is 11.3 Å². The molecule has 0 bridgehead atoms. The van der Waals surface area contributed by atoms with Crippen LogP contribution in [0.3, 0.4) is 0 Å². The molecule has 0 aliphatic carbocycles. The van der Waals surface area contributed by atoms with Gasteiger partial charge in [-0.05, 0) is 48.1 Å². The number of fused-ring (bicyclic) bond motifs is 1. The van der Waals surface area contributed by atoms with Gasteiger partial charge >= 0.3 is 0 Å². The minimum atomic E-state index is -0.524. The highest BCUT2D eigenvalue weighted by atomic mass is 19.1. The molecule has 4 rings (SSSR count). The van der Waals surface area contributed by atoms with Crippen LogP contribution < -0.4 is 5.43 Å². The van der Waals surface area contributed by atoms with Crippen LogP contribution in [-0.4, -0.2) is 30.1 Å². The summed E-state index contributed by atoms with van der Waals surface area (Å²) in [5.41, 5.74) is 1.97. The van der Waals surface area contributed by atoms with E-state index in [2.05, 4.69) is 26.0 Å². The second-order valence-corrected chi connectivity index (χ2v) is 8.33. The van der Waals surface area contributed by atoms with Gasteiger partial charge in [0.2, 0.25) is 0 Å². The number of benzene rings is 2. The molecule has 2 aromatic carbocycles. The van der Waals surface area contributed by atoms with Crippen LogP contribution >= 0.6 is 0 Å². The standard InChI is InChI=1S/C25H26FNO4/c1-16(2)18-7-5-17(6-8-18)14-27(15-20-4-3-11-30-20)25(29)24-13-22(28)21-12-19(26)9-10-23(21)31-24/h5-10,12-13,16,20H,3-4,11,14-15H2,1-2H3. The molecule has 2 heterocycles. The second-order valence-electron chi connectivity index (χ2n) is 8.33. The first-order valence-electron chi connectivity index (χ1n) is 10.6. The van der Waals surface area contributed by atoms with Gasteiger partial charge < -0.3 is 14.1 Å². The molecule has 0 radical (unpaired) electrons. The number of carbonyl (C=O) groups is 1. The number of amides is 1. The first-order chi connectivity index (χ1) is 14.9. The van der Waals surface area contributed by atoms with Crippen molar-refractivity contribution >= 4 is 16.9 Å². The van der Waals surface area contributed by atoms with Gasteiger partial charge in [0.25, 0.3) is 5.91 Å². The molecule has 3 aromatic rings. The molecule has 0 N–H and O–H groups in total. The average molecular weight is 423 g/mol. The van der Waals surface area contributed by atoms with Crippen LogP contribution in [0.4, 0.5) is 4.39 Å². The predicted octanol–water partition coefficient (Wildman–Crippen LogP) is 4.88. The van der Waals surface area contributed by atoms with E-state index in [-0.39, 0.29) is 28.7 Å². The summed E-state index contributed by atoms with van der Waals surface area (Å²) in [6.07, 6.45) is 1.81. The van der Waals surface area contributed by atoms with Crippen LogP contribution in [0.25, 0.3) is 11.0 Å². The third-order valence-corrected chi connectivity index (χ3v) is 5.66. The topological polar surface area (TPSA) is 59.8 Å². The van der Waals surface area contributed by atoms with Crippen LogP contribution in [0, 0.1) is 5.82 Å². The van der Waals surface area contributed by atoms with Gasteiger partial charge in [-0.1, -0.05) is 38.1 Å². The minimum Gasteiger partial charge on any atom is -0.451 e. The minimum absolute atomic E-state index is 0.0415. The maximum absolute atomic E-state index is 13.5. The molecule has 0 spiro atoms. The number of ether oxygens (including phenoxy) is 1. The van der Waals surface area contributed by atoms with Crippen molar-refractivity contribution in [1.29, 1.82) is 0 Å². The highest BCUT2D eigenvalue weighted by Crippen LogP contribution is 2.21. The fourth-order valence-corrected chi connectivity index (χ4v) is 3.87. The lowest BCUT2D eigenvalue weighted by molar-refractivity contribution is 0.0484. The van der Waals surface area contributed by atoms with E-state index in [1.165, 1.54) is 17.7 Å². The van der Waals surface area contributed by atoms with Crippen molar-refractivity contribution in [1.82, 2.24) is 4.90 Å². The third kappa shape index (κ3) is 4.85. The van der Waals surface area contributed by atoms with E-state index >= 15 is 0 Å². The first-order valence-corrected chi connectivity index (χ1v) is 10.6. The molecule has 1 fully saturated rings. The van der Waals surface area contributed by atoms with Gasteiger partial charge in [0.05, 0.1) is 11.5 Å². The van der Waals surface area contributed by atoms with Gasteiger partial charge in [-0.25, -0.2) is 4.39 Å². The van der Waals surface area contributed by atoms with Crippen molar-refractivity contribution in [3.63, 3.8) is 0 Å². The van der Waals surface area contributed by atoms with Gasteiger partial charge in [-0.2, -0.15) is 0 Å². The van der Waals surface area contributed by atoms with Gasteiger partial charge in [0.1, 0.15) is 11.4 Å². The van der Waals surface area contributed by atoms with Gasteiger partial charge in [0, 0.05) is 25.8 Å². The van der Waals surface area contributed by atoms with Crippen molar-refractivity contribution in [3.8, 4) is 0 Å². The number of carbonyl (C=O) groups excluding carboxylic acids is 1. The Morgan fingerprint density at radius 2 is 1.94 bits per heavy atom. The average Bonchev–Trinajstić information content (AvgIpc) is 3.26. The quantitative estimate of drug-likeness (QED) is 0.567. The maximum Gasteiger partial charge on any atom is 0.290 e. The fraction of sp³-hybridized carbons (Fsp3) is 0.360. The highest BCUT2D eigenvalue weighted by Gasteiger charge is 2.26. The van der Waals surface area contributed by atoms with E-state index in [4.69, 9.17) is 9.15 Å². The number of rotatable bonds is 6. The van der Waals surface area contributed by atoms with Gasteiger partial charge in [0.15, 0.2) is 11.2 Å². The molecule has 0 saturated carbocycles. The molecule has 1 atom stereocenters. The smallest absolute Gasteiger partial charge is 0.290 e. The summed E-state index contributed by atoms with van der Waals surface area (Å²) < 4.78 is 24.9. The van der Waals surface area contributed by atoms with E-state index < -0.39 is 11.2 Å². The lowest BCUT2D eigenvalue weighted by atomic mass is 10.0. The summed E-state index contributed by atoms with van der Waals surface area (Å²) in [7, 11) is 0. The van der Waals surface area contributed by atoms with Crippen LogP contribution in [0.15, 0.2) is 57.7 Å². The molecule has 1 saturated heterocycles. The monoisotopic (exact) mass is 423 g/mol. The molecule has 1 unspecified atom stereocenters. The molecule has 31 heavy (non-hydrogen) atoms. The number of hydrogen-bond donors (Lipinski definition) is 0. The Morgan fingerprint density at radius 1 is 1.16 bits per heavy atom. The van der Waals surface area contributed by atoms with Crippen molar-refractivity contribution < 1.29 is 18.3 Å². The Labute approximate surface area is 180 Å². The summed E-state index contributed by atoms with van der Waals surface area (Å²) in [6.45, 7) is 5.75. The molecular formula is C25H26FNO4. The highest BCUT2D eigenvalue weighted by molar-refractivity contribution is 5.93. The third-order valence-electron chi connectivity index (χ3n) is 5.66. The summed E-state index contributed by atoms with van der Waals surface area (Å²) in [5.74, 6) is -0.535. The zero-order valence-corrected chi connectivity index (χ0v) is 17.8. The van der Waals surface area contributed by atoms with E-state index in [0.717, 1.165) is 30.5 Å². The molecule has 1 aliphatic heterocycles. The summed E-state index contributed by atoms with van der Waals surface area (Å²) >= 11 is 0. The first kappa shape index (κ1) is 21.2. The molecule has 6 heteroatoms. The van der Waals surface area contributed by atoms with Crippen molar-refractivity contribution in [2.75, 3.05) is 13.2 Å². The zero-order valence-electron chi connectivity index (χ0n) is 17.8. The summed E-state index contributed by atoms with van der Waals surface area (Å²) in [6, 6.07) is 13.0. The Morgan fingerprint density at radius 3 is 2.61 bits per heavy atom. The molecule has 5 nitrogen and oxygen atoms in total. The van der Waals surface area contributed by atoms with Crippen molar-refractivity contribution in [2.24, 2.45) is 0 Å². The summed E-state index contributed by atoms with van der Waals surface area (Å²) in [5, 5.41) is 0.117. The van der Waals surface area contributed by atoms with Crippen LogP contribution in [0.1, 0.15) is 54.3 Å². The molecule has 1 aromatic heterocycles. The number of hydrogen-bond acceptors (Lipinski definition) is 4. The summed E-state index contributed by atoms with van der Waals surface area (Å²) in [4.78, 5) is 27.5. The predicted molar refractivity (Wildman–Crippen MR) is 117 cm³/mol. The second kappa shape index (κ2) is 9.02. The van der Waals surface area contributed by atoms with E-state index in [9.17, 15) is 14.0 Å². The molecule has 162 valence electrons. The Bertz CT molecular complexity index is 1130. The SMILES string of the molecule is CC(C)c1ccc(CN(CC2CCCO2)C(=O)c2cc(=O)c3cc(F)ccc3o2)cc1. The van der Waals surface area contributed by atoms with Gasteiger partial charge in [-0.3, -0.25) is 9.59 Å². The van der Waals surface area contributed by atoms with Crippen LogP contribution in [0.5, 0.6) is 0 Å². The molecule has 1 amide bonds. The van der Waals surface area contributed by atoms with E-state index in [0.29, 0.717) is 25.6 Å². The van der Waals surface area contributed by atoms with E-state index in [1.54, 1.807) is 4.90 Å². The fourth-order valence-electron chi connectivity index (χ4n) is 3.87. The lowest BCUT2D eigenvalue weighted by Gasteiger charge is -2.25. The van der Waals surface area contributed by atoms with Crippen molar-refractivity contribution in [3.05, 3.63) is 81.5 Å². The lowest BCUT2D eigenvalue weighted by Crippen LogP contribution is -2.37. The Kier molecular flexibility index (Phi) is 6.18. The normalized spacial score (nSPS) is 16.2. The van der Waals surface area contributed by atoms with E-state index in [1.807, 2.05) is 12.1 Å². The molecular weight excluding hydrogens is 397 g/mol. The zero-order chi connectivity index (χ0) is 22.0. The van der Waals surface area contributed by atoms with Crippen LogP contribution in [0.2, 0.25) is 0 Å². The number of halogens is 1. The maximum atomic E-state index is 13.5. The Balaban J connectivity index is 1.63.